The number of hydrogen-bond acceptors (Lipinski definition) is 3. The van der Waals surface area contributed by atoms with Gasteiger partial charge in [0.2, 0.25) is 10.0 Å². The van der Waals surface area contributed by atoms with E-state index in [-0.39, 0.29) is 29.6 Å². The van der Waals surface area contributed by atoms with Crippen LogP contribution in [0, 0.1) is 5.82 Å². The van der Waals surface area contributed by atoms with Crippen LogP contribution in [0.3, 0.4) is 0 Å². The van der Waals surface area contributed by atoms with Crippen LogP contribution in [0.5, 0.6) is 0 Å². The van der Waals surface area contributed by atoms with Crippen LogP contribution in [0.25, 0.3) is 0 Å². The summed E-state index contributed by atoms with van der Waals surface area (Å²) >= 11 is 0. The number of halogens is 1. The van der Waals surface area contributed by atoms with Crippen molar-refractivity contribution in [3.8, 4) is 0 Å². The van der Waals surface area contributed by atoms with Gasteiger partial charge in [-0.3, -0.25) is 9.10 Å². The highest BCUT2D eigenvalue weighted by atomic mass is 32.2. The van der Waals surface area contributed by atoms with E-state index in [1.165, 1.54) is 16.4 Å². The molecule has 0 spiro atoms. The number of sulfonamides is 1. The van der Waals surface area contributed by atoms with Crippen LogP contribution in [-0.2, 0) is 16.4 Å². The fourth-order valence-electron chi connectivity index (χ4n) is 3.42. The van der Waals surface area contributed by atoms with Gasteiger partial charge in [0.05, 0.1) is 17.5 Å². The lowest BCUT2D eigenvalue weighted by Gasteiger charge is -2.23. The molecule has 0 fully saturated rings. The van der Waals surface area contributed by atoms with Crippen LogP contribution < -0.4 is 9.62 Å². The monoisotopic (exact) mass is 390 g/mol. The average molecular weight is 390 g/mol. The molecule has 0 radical (unpaired) electrons. The molecule has 1 heterocycles. The fourth-order valence-corrected chi connectivity index (χ4v) is 4.80. The first kappa shape index (κ1) is 19.4. The lowest BCUT2D eigenvalue weighted by Crippen LogP contribution is -2.36. The van der Waals surface area contributed by atoms with Crippen LogP contribution in [0.2, 0.25) is 0 Å². The number of hydrogen-bond donors (Lipinski definition) is 1. The molecule has 1 aliphatic heterocycles. The zero-order chi connectivity index (χ0) is 19.8. The summed E-state index contributed by atoms with van der Waals surface area (Å²) in [5, 5.41) is 2.89. The first-order valence-corrected chi connectivity index (χ1v) is 10.5. The molecule has 0 aliphatic carbocycles. The number of benzene rings is 2. The van der Waals surface area contributed by atoms with E-state index in [9.17, 15) is 17.6 Å². The van der Waals surface area contributed by atoms with E-state index in [0.29, 0.717) is 17.7 Å². The summed E-state index contributed by atoms with van der Waals surface area (Å²) < 4.78 is 39.2. The molecule has 0 saturated carbocycles. The summed E-state index contributed by atoms with van der Waals surface area (Å²) in [6, 6.07) is 10.6. The Kier molecular flexibility index (Phi) is 5.24. The summed E-state index contributed by atoms with van der Waals surface area (Å²) in [6.07, 6.45) is 0.573. The van der Waals surface area contributed by atoms with Crippen LogP contribution >= 0.6 is 0 Å². The number of carbonyl (C=O) groups is 1. The van der Waals surface area contributed by atoms with Gasteiger partial charge in [-0.05, 0) is 68.7 Å². The molecule has 1 N–H and O–H groups in total. The van der Waals surface area contributed by atoms with Crippen LogP contribution in [-0.4, -0.2) is 26.1 Å². The molecule has 2 unspecified atom stereocenters. The van der Waals surface area contributed by atoms with Crippen molar-refractivity contribution in [2.45, 2.75) is 39.3 Å². The second-order valence-corrected chi connectivity index (χ2v) is 8.97. The molecule has 0 bridgehead atoms. The van der Waals surface area contributed by atoms with Gasteiger partial charge in [0.1, 0.15) is 5.82 Å². The summed E-state index contributed by atoms with van der Waals surface area (Å²) in [6.45, 7) is 5.32. The molecule has 2 atom stereocenters. The molecule has 3 rings (SSSR count). The lowest BCUT2D eigenvalue weighted by molar-refractivity contribution is 0.0940. The quantitative estimate of drug-likeness (QED) is 0.851. The Hall–Kier alpha value is -2.41. The van der Waals surface area contributed by atoms with Crippen molar-refractivity contribution >= 4 is 21.6 Å². The third-order valence-electron chi connectivity index (χ3n) is 4.88. The first-order chi connectivity index (χ1) is 12.7. The van der Waals surface area contributed by atoms with Gasteiger partial charge in [0.15, 0.2) is 0 Å². The average Bonchev–Trinajstić information content (AvgIpc) is 2.97. The molecule has 7 heteroatoms. The minimum Gasteiger partial charge on any atom is -0.346 e. The van der Waals surface area contributed by atoms with Crippen LogP contribution in [0.1, 0.15) is 48.3 Å². The van der Waals surface area contributed by atoms with Gasteiger partial charge in [-0.1, -0.05) is 12.1 Å². The van der Waals surface area contributed by atoms with Crippen molar-refractivity contribution in [2.24, 2.45) is 0 Å². The number of carbonyl (C=O) groups excluding carboxylic acids is 1. The zero-order valence-corrected chi connectivity index (χ0v) is 16.4. The second kappa shape index (κ2) is 7.31. The SMILES string of the molecule is CCS(=O)(=O)N1c2ccc(C(=O)NC(C)c3ccc(F)cc3)cc2CC1C. The van der Waals surface area contributed by atoms with Gasteiger partial charge in [-0.2, -0.15) is 0 Å². The number of nitrogens with one attached hydrogen (secondary N) is 1. The maximum absolute atomic E-state index is 13.0. The summed E-state index contributed by atoms with van der Waals surface area (Å²) in [5.74, 6) is -0.538. The standard InChI is InChI=1S/C20H23FN2O3S/c1-4-27(25,26)23-13(2)11-17-12-16(7-10-19(17)23)20(24)22-14(3)15-5-8-18(21)9-6-15/h5-10,12-14H,4,11H2,1-3H3,(H,22,24). The second-order valence-electron chi connectivity index (χ2n) is 6.84. The lowest BCUT2D eigenvalue weighted by atomic mass is 10.0. The molecule has 0 aromatic heterocycles. The Labute approximate surface area is 159 Å². The number of amides is 1. The van der Waals surface area contributed by atoms with E-state index >= 15 is 0 Å². The van der Waals surface area contributed by atoms with Crippen molar-refractivity contribution < 1.29 is 17.6 Å². The Morgan fingerprint density at radius 1 is 1.26 bits per heavy atom. The van der Waals surface area contributed by atoms with E-state index in [2.05, 4.69) is 5.32 Å². The van der Waals surface area contributed by atoms with Crippen molar-refractivity contribution in [1.82, 2.24) is 5.32 Å². The molecule has 5 nitrogen and oxygen atoms in total. The van der Waals surface area contributed by atoms with Gasteiger partial charge in [0.25, 0.3) is 5.91 Å². The molecular weight excluding hydrogens is 367 g/mol. The van der Waals surface area contributed by atoms with Crippen LogP contribution in [0.15, 0.2) is 42.5 Å². The molecule has 1 aliphatic rings. The van der Waals surface area contributed by atoms with Crippen molar-refractivity contribution in [3.05, 3.63) is 65.0 Å². The Morgan fingerprint density at radius 2 is 1.93 bits per heavy atom. The van der Waals surface area contributed by atoms with E-state index < -0.39 is 10.0 Å². The molecule has 144 valence electrons. The highest BCUT2D eigenvalue weighted by Gasteiger charge is 2.34. The Bertz CT molecular complexity index is 958. The normalized spacial score (nSPS) is 17.5. The van der Waals surface area contributed by atoms with Gasteiger partial charge in [-0.25, -0.2) is 12.8 Å². The summed E-state index contributed by atoms with van der Waals surface area (Å²) in [7, 11) is -3.35. The zero-order valence-electron chi connectivity index (χ0n) is 15.6. The number of anilines is 1. The van der Waals surface area contributed by atoms with Gasteiger partial charge < -0.3 is 5.32 Å². The highest BCUT2D eigenvalue weighted by molar-refractivity contribution is 7.92. The molecule has 1 amide bonds. The topological polar surface area (TPSA) is 66.5 Å². The minimum atomic E-state index is -3.35. The minimum absolute atomic E-state index is 0.0359. The van der Waals surface area contributed by atoms with Crippen molar-refractivity contribution in [1.29, 1.82) is 0 Å². The fraction of sp³-hybridized carbons (Fsp3) is 0.350. The maximum Gasteiger partial charge on any atom is 0.251 e. The Morgan fingerprint density at radius 3 is 2.56 bits per heavy atom. The number of fused-ring (bicyclic) bond motifs is 1. The van der Waals surface area contributed by atoms with E-state index in [0.717, 1.165) is 11.1 Å². The van der Waals surface area contributed by atoms with Crippen molar-refractivity contribution in [3.63, 3.8) is 0 Å². The number of rotatable bonds is 5. The summed E-state index contributed by atoms with van der Waals surface area (Å²) in [5.41, 5.74) is 2.78. The summed E-state index contributed by atoms with van der Waals surface area (Å²) in [4.78, 5) is 12.6. The molecule has 2 aromatic carbocycles. The predicted molar refractivity (Wildman–Crippen MR) is 104 cm³/mol. The van der Waals surface area contributed by atoms with E-state index in [1.54, 1.807) is 37.3 Å². The third-order valence-corrected chi connectivity index (χ3v) is 6.76. The largest absolute Gasteiger partial charge is 0.346 e. The molecule has 2 aromatic rings. The van der Waals surface area contributed by atoms with E-state index in [4.69, 9.17) is 0 Å². The Balaban J connectivity index is 1.80. The van der Waals surface area contributed by atoms with Gasteiger partial charge >= 0.3 is 0 Å². The molecule has 27 heavy (non-hydrogen) atoms. The maximum atomic E-state index is 13.0. The highest BCUT2D eigenvalue weighted by Crippen LogP contribution is 2.35. The van der Waals surface area contributed by atoms with E-state index in [1.807, 2.05) is 13.8 Å². The van der Waals surface area contributed by atoms with Gasteiger partial charge in [0, 0.05) is 11.6 Å². The smallest absolute Gasteiger partial charge is 0.251 e. The predicted octanol–water partition coefficient (Wildman–Crippen LogP) is 3.42. The van der Waals surface area contributed by atoms with Gasteiger partial charge in [-0.15, -0.1) is 0 Å². The van der Waals surface area contributed by atoms with Crippen molar-refractivity contribution in [2.75, 3.05) is 10.1 Å². The molecular formula is C20H23FN2O3S. The first-order valence-electron chi connectivity index (χ1n) is 8.94. The van der Waals surface area contributed by atoms with Crippen LogP contribution in [0.4, 0.5) is 10.1 Å². The third kappa shape index (κ3) is 3.83. The number of nitrogens with zero attached hydrogens (tertiary/aromatic N) is 1. The molecule has 0 saturated heterocycles.